The molecule has 1 unspecified atom stereocenters. The minimum absolute atomic E-state index is 0.115. The summed E-state index contributed by atoms with van der Waals surface area (Å²) in [6, 6.07) is 10.1. The van der Waals surface area contributed by atoms with Gasteiger partial charge in [0.2, 0.25) is 5.91 Å². The van der Waals surface area contributed by atoms with E-state index >= 15 is 0 Å². The average molecular weight is 240 g/mol. The summed E-state index contributed by atoms with van der Waals surface area (Å²) in [5.74, 6) is 0.691. The van der Waals surface area contributed by atoms with E-state index in [1.807, 2.05) is 44.3 Å². The molecular weight excluding hydrogens is 222 g/mol. The quantitative estimate of drug-likeness (QED) is 0.723. The Morgan fingerprint density at radius 2 is 2.00 bits per heavy atom. The van der Waals surface area contributed by atoms with Gasteiger partial charge in [0.1, 0.15) is 0 Å². The maximum absolute atomic E-state index is 11.8. The SMILES string of the molecule is CC(c1ccccc1)N(C)C(=O)CCCCl. The van der Waals surface area contributed by atoms with E-state index in [1.54, 1.807) is 4.90 Å². The van der Waals surface area contributed by atoms with Crippen molar-refractivity contribution in [2.75, 3.05) is 12.9 Å². The van der Waals surface area contributed by atoms with E-state index in [4.69, 9.17) is 11.6 Å². The third kappa shape index (κ3) is 3.53. The summed E-state index contributed by atoms with van der Waals surface area (Å²) in [7, 11) is 1.84. The van der Waals surface area contributed by atoms with Gasteiger partial charge in [-0.15, -0.1) is 11.6 Å². The first kappa shape index (κ1) is 13.0. The first-order chi connectivity index (χ1) is 7.66. The number of nitrogens with zero attached hydrogens (tertiary/aromatic N) is 1. The Morgan fingerprint density at radius 3 is 2.56 bits per heavy atom. The molecule has 0 heterocycles. The van der Waals surface area contributed by atoms with Crippen LogP contribution in [-0.2, 0) is 4.79 Å². The van der Waals surface area contributed by atoms with Gasteiger partial charge in [-0.2, -0.15) is 0 Å². The first-order valence-electron chi connectivity index (χ1n) is 5.53. The van der Waals surface area contributed by atoms with Gasteiger partial charge in [-0.25, -0.2) is 0 Å². The van der Waals surface area contributed by atoms with E-state index < -0.39 is 0 Å². The third-order valence-electron chi connectivity index (χ3n) is 2.78. The standard InChI is InChI=1S/C13H18ClNO/c1-11(12-7-4-3-5-8-12)15(2)13(16)9-6-10-14/h3-5,7-8,11H,6,9-10H2,1-2H3. The predicted molar refractivity (Wildman–Crippen MR) is 67.6 cm³/mol. The van der Waals surface area contributed by atoms with Crippen LogP contribution in [0.5, 0.6) is 0 Å². The minimum Gasteiger partial charge on any atom is -0.339 e. The third-order valence-corrected chi connectivity index (χ3v) is 3.05. The Kier molecular flexibility index (Phi) is 5.33. The molecule has 1 aromatic carbocycles. The Hall–Kier alpha value is -1.02. The van der Waals surface area contributed by atoms with Crippen LogP contribution >= 0.6 is 11.6 Å². The van der Waals surface area contributed by atoms with E-state index in [0.717, 1.165) is 12.0 Å². The molecule has 0 spiro atoms. The molecule has 0 fully saturated rings. The first-order valence-corrected chi connectivity index (χ1v) is 6.07. The number of amides is 1. The van der Waals surface area contributed by atoms with E-state index in [1.165, 1.54) is 0 Å². The Balaban J connectivity index is 2.60. The van der Waals surface area contributed by atoms with E-state index in [0.29, 0.717) is 12.3 Å². The van der Waals surface area contributed by atoms with Crippen LogP contribution in [0, 0.1) is 0 Å². The second kappa shape index (κ2) is 6.54. The van der Waals surface area contributed by atoms with Gasteiger partial charge >= 0.3 is 0 Å². The fourth-order valence-electron chi connectivity index (χ4n) is 1.57. The predicted octanol–water partition coefficient (Wildman–Crippen LogP) is 3.23. The molecular formula is C13H18ClNO. The van der Waals surface area contributed by atoms with Crippen molar-refractivity contribution in [1.82, 2.24) is 4.90 Å². The van der Waals surface area contributed by atoms with Crippen LogP contribution in [0.15, 0.2) is 30.3 Å². The number of rotatable bonds is 5. The molecule has 0 N–H and O–H groups in total. The van der Waals surface area contributed by atoms with Gasteiger partial charge in [0.05, 0.1) is 6.04 Å². The maximum Gasteiger partial charge on any atom is 0.222 e. The van der Waals surface area contributed by atoms with Crippen molar-refractivity contribution < 1.29 is 4.79 Å². The highest BCUT2D eigenvalue weighted by Crippen LogP contribution is 2.19. The van der Waals surface area contributed by atoms with Gasteiger partial charge in [-0.3, -0.25) is 4.79 Å². The molecule has 88 valence electrons. The van der Waals surface area contributed by atoms with Gasteiger partial charge in [0.25, 0.3) is 0 Å². The lowest BCUT2D eigenvalue weighted by molar-refractivity contribution is -0.131. The molecule has 0 radical (unpaired) electrons. The highest BCUT2D eigenvalue weighted by molar-refractivity contribution is 6.17. The lowest BCUT2D eigenvalue weighted by Crippen LogP contribution is -2.29. The molecule has 0 saturated heterocycles. The fraction of sp³-hybridized carbons (Fsp3) is 0.462. The molecule has 1 aromatic rings. The van der Waals surface area contributed by atoms with E-state index in [2.05, 4.69) is 0 Å². The Morgan fingerprint density at radius 1 is 1.38 bits per heavy atom. The van der Waals surface area contributed by atoms with Crippen molar-refractivity contribution in [3.63, 3.8) is 0 Å². The summed E-state index contributed by atoms with van der Waals surface area (Å²) >= 11 is 5.58. The molecule has 16 heavy (non-hydrogen) atoms. The van der Waals surface area contributed by atoms with Crippen molar-refractivity contribution in [3.05, 3.63) is 35.9 Å². The summed E-state index contributed by atoms with van der Waals surface area (Å²) < 4.78 is 0. The zero-order valence-corrected chi connectivity index (χ0v) is 10.6. The molecule has 1 atom stereocenters. The molecule has 0 aliphatic carbocycles. The van der Waals surface area contributed by atoms with Crippen molar-refractivity contribution in [2.45, 2.75) is 25.8 Å². The lowest BCUT2D eigenvalue weighted by atomic mass is 10.1. The molecule has 2 nitrogen and oxygen atoms in total. The monoisotopic (exact) mass is 239 g/mol. The Labute approximate surface area is 102 Å². The second-order valence-corrected chi connectivity index (χ2v) is 4.26. The number of halogens is 1. The zero-order valence-electron chi connectivity index (χ0n) is 9.82. The average Bonchev–Trinajstić information content (AvgIpc) is 2.35. The lowest BCUT2D eigenvalue weighted by Gasteiger charge is -2.25. The van der Waals surface area contributed by atoms with Gasteiger partial charge in [-0.05, 0) is 18.9 Å². The molecule has 0 aliphatic rings. The van der Waals surface area contributed by atoms with Crippen LogP contribution in [0.4, 0.5) is 0 Å². The number of benzene rings is 1. The van der Waals surface area contributed by atoms with Gasteiger partial charge in [0, 0.05) is 19.3 Å². The van der Waals surface area contributed by atoms with Gasteiger partial charge in [0.15, 0.2) is 0 Å². The van der Waals surface area contributed by atoms with Crippen LogP contribution in [0.1, 0.15) is 31.4 Å². The van der Waals surface area contributed by atoms with Crippen molar-refractivity contribution >= 4 is 17.5 Å². The molecule has 1 rings (SSSR count). The number of alkyl halides is 1. The number of carbonyl (C=O) groups is 1. The Bertz CT molecular complexity index is 326. The largest absolute Gasteiger partial charge is 0.339 e. The summed E-state index contributed by atoms with van der Waals surface area (Å²) in [5.41, 5.74) is 1.16. The zero-order chi connectivity index (χ0) is 12.0. The van der Waals surface area contributed by atoms with Crippen LogP contribution < -0.4 is 0 Å². The van der Waals surface area contributed by atoms with Gasteiger partial charge in [-0.1, -0.05) is 30.3 Å². The summed E-state index contributed by atoms with van der Waals surface area (Å²) in [5, 5.41) is 0. The van der Waals surface area contributed by atoms with Crippen LogP contribution in [-0.4, -0.2) is 23.7 Å². The van der Waals surface area contributed by atoms with Crippen LogP contribution in [0.25, 0.3) is 0 Å². The second-order valence-electron chi connectivity index (χ2n) is 3.88. The number of carbonyl (C=O) groups excluding carboxylic acids is 1. The van der Waals surface area contributed by atoms with Crippen molar-refractivity contribution in [1.29, 1.82) is 0 Å². The number of hydrogen-bond acceptors (Lipinski definition) is 1. The van der Waals surface area contributed by atoms with Crippen molar-refractivity contribution in [2.24, 2.45) is 0 Å². The van der Waals surface area contributed by atoms with E-state index in [-0.39, 0.29) is 11.9 Å². The fourth-order valence-corrected chi connectivity index (χ4v) is 1.70. The normalized spacial score (nSPS) is 12.2. The summed E-state index contributed by atoms with van der Waals surface area (Å²) in [6.45, 7) is 2.04. The number of hydrogen-bond donors (Lipinski definition) is 0. The topological polar surface area (TPSA) is 20.3 Å². The van der Waals surface area contributed by atoms with Gasteiger partial charge < -0.3 is 4.90 Å². The molecule has 0 bridgehead atoms. The van der Waals surface area contributed by atoms with Crippen LogP contribution in [0.2, 0.25) is 0 Å². The minimum atomic E-state index is 0.115. The summed E-state index contributed by atoms with van der Waals surface area (Å²) in [6.07, 6.45) is 1.27. The smallest absolute Gasteiger partial charge is 0.222 e. The highest BCUT2D eigenvalue weighted by Gasteiger charge is 2.16. The maximum atomic E-state index is 11.8. The van der Waals surface area contributed by atoms with Crippen LogP contribution in [0.3, 0.4) is 0 Å². The molecule has 0 saturated carbocycles. The summed E-state index contributed by atoms with van der Waals surface area (Å²) in [4.78, 5) is 13.6. The molecule has 3 heteroatoms. The molecule has 0 aromatic heterocycles. The van der Waals surface area contributed by atoms with Crippen molar-refractivity contribution in [3.8, 4) is 0 Å². The molecule has 0 aliphatic heterocycles. The van der Waals surface area contributed by atoms with E-state index in [9.17, 15) is 4.79 Å². The molecule has 1 amide bonds. The highest BCUT2D eigenvalue weighted by atomic mass is 35.5.